The molecular weight excluding hydrogens is 245 g/mol. The SMILES string of the molecule is CC1CCN(C(N)=NCc2ccc(O)c(F)c2)CC1. The summed E-state index contributed by atoms with van der Waals surface area (Å²) in [5.41, 5.74) is 6.64. The fraction of sp³-hybridized carbons (Fsp3) is 0.500. The van der Waals surface area contributed by atoms with Crippen LogP contribution in [0.3, 0.4) is 0 Å². The summed E-state index contributed by atoms with van der Waals surface area (Å²) in [6, 6.07) is 4.26. The lowest BCUT2D eigenvalue weighted by molar-refractivity contribution is 0.277. The second-order valence-electron chi connectivity index (χ2n) is 5.13. The van der Waals surface area contributed by atoms with Gasteiger partial charge in [-0.15, -0.1) is 0 Å². The van der Waals surface area contributed by atoms with Crippen molar-refractivity contribution in [2.24, 2.45) is 16.6 Å². The summed E-state index contributed by atoms with van der Waals surface area (Å²) in [4.78, 5) is 6.35. The molecule has 0 atom stereocenters. The van der Waals surface area contributed by atoms with Crippen molar-refractivity contribution in [2.75, 3.05) is 13.1 Å². The minimum Gasteiger partial charge on any atom is -0.505 e. The Morgan fingerprint density at radius 3 is 2.79 bits per heavy atom. The molecule has 2 rings (SSSR count). The van der Waals surface area contributed by atoms with Crippen LogP contribution in [-0.2, 0) is 6.54 Å². The predicted octanol–water partition coefficient (Wildman–Crippen LogP) is 2.08. The Hall–Kier alpha value is -1.78. The number of nitrogens with zero attached hydrogens (tertiary/aromatic N) is 2. The number of aromatic hydroxyl groups is 1. The quantitative estimate of drug-likeness (QED) is 0.635. The van der Waals surface area contributed by atoms with E-state index in [9.17, 15) is 4.39 Å². The highest BCUT2D eigenvalue weighted by Crippen LogP contribution is 2.18. The number of benzene rings is 1. The van der Waals surface area contributed by atoms with E-state index in [1.165, 1.54) is 12.1 Å². The van der Waals surface area contributed by atoms with Gasteiger partial charge in [0.25, 0.3) is 0 Å². The van der Waals surface area contributed by atoms with Crippen molar-refractivity contribution >= 4 is 5.96 Å². The molecule has 0 aromatic heterocycles. The zero-order valence-corrected chi connectivity index (χ0v) is 11.1. The van der Waals surface area contributed by atoms with Gasteiger partial charge in [-0.25, -0.2) is 9.38 Å². The Kier molecular flexibility index (Phi) is 4.24. The number of hydrogen-bond donors (Lipinski definition) is 2. The second kappa shape index (κ2) is 5.91. The van der Waals surface area contributed by atoms with E-state index in [2.05, 4.69) is 16.8 Å². The fourth-order valence-corrected chi connectivity index (χ4v) is 2.16. The molecule has 3 N–H and O–H groups in total. The van der Waals surface area contributed by atoms with Crippen molar-refractivity contribution in [3.63, 3.8) is 0 Å². The average molecular weight is 265 g/mol. The third-order valence-electron chi connectivity index (χ3n) is 3.54. The summed E-state index contributed by atoms with van der Waals surface area (Å²) < 4.78 is 13.2. The van der Waals surface area contributed by atoms with Gasteiger partial charge in [0, 0.05) is 13.1 Å². The Morgan fingerprint density at radius 1 is 1.47 bits per heavy atom. The number of likely N-dealkylation sites (tertiary alicyclic amines) is 1. The number of rotatable bonds is 2. The molecule has 1 aromatic rings. The first kappa shape index (κ1) is 13.6. The van der Waals surface area contributed by atoms with Crippen LogP contribution in [0.4, 0.5) is 4.39 Å². The molecule has 0 spiro atoms. The fourth-order valence-electron chi connectivity index (χ4n) is 2.16. The van der Waals surface area contributed by atoms with Gasteiger partial charge in [-0.05, 0) is 36.5 Å². The van der Waals surface area contributed by atoms with Crippen molar-refractivity contribution in [2.45, 2.75) is 26.3 Å². The summed E-state index contributed by atoms with van der Waals surface area (Å²) in [7, 11) is 0. The topological polar surface area (TPSA) is 61.8 Å². The first-order valence-electron chi connectivity index (χ1n) is 6.58. The second-order valence-corrected chi connectivity index (χ2v) is 5.13. The molecule has 1 heterocycles. The molecule has 0 radical (unpaired) electrons. The van der Waals surface area contributed by atoms with Crippen molar-refractivity contribution in [3.8, 4) is 5.75 Å². The zero-order chi connectivity index (χ0) is 13.8. The van der Waals surface area contributed by atoms with E-state index >= 15 is 0 Å². The molecule has 19 heavy (non-hydrogen) atoms. The van der Waals surface area contributed by atoms with Crippen LogP contribution in [0, 0.1) is 11.7 Å². The van der Waals surface area contributed by atoms with Gasteiger partial charge in [0.1, 0.15) is 0 Å². The first-order chi connectivity index (χ1) is 9.06. The van der Waals surface area contributed by atoms with Gasteiger partial charge >= 0.3 is 0 Å². The molecule has 0 amide bonds. The lowest BCUT2D eigenvalue weighted by Crippen LogP contribution is -2.42. The van der Waals surface area contributed by atoms with Crippen LogP contribution in [0.1, 0.15) is 25.3 Å². The minimum atomic E-state index is -0.627. The highest BCUT2D eigenvalue weighted by Gasteiger charge is 2.16. The van der Waals surface area contributed by atoms with Gasteiger partial charge in [-0.2, -0.15) is 0 Å². The van der Waals surface area contributed by atoms with Crippen molar-refractivity contribution in [3.05, 3.63) is 29.6 Å². The van der Waals surface area contributed by atoms with Crippen LogP contribution in [-0.4, -0.2) is 29.1 Å². The summed E-state index contributed by atoms with van der Waals surface area (Å²) in [5.74, 6) is 0.291. The first-order valence-corrected chi connectivity index (χ1v) is 6.58. The molecular formula is C14H20FN3O. The maximum atomic E-state index is 13.2. The number of nitrogens with two attached hydrogens (primary N) is 1. The lowest BCUT2D eigenvalue weighted by Gasteiger charge is -2.31. The number of guanidine groups is 1. The number of aliphatic imine (C=N–C) groups is 1. The third-order valence-corrected chi connectivity index (χ3v) is 3.54. The van der Waals surface area contributed by atoms with E-state index in [-0.39, 0.29) is 5.75 Å². The molecule has 0 unspecified atom stereocenters. The molecule has 5 heteroatoms. The molecule has 4 nitrogen and oxygen atoms in total. The van der Waals surface area contributed by atoms with Crippen molar-refractivity contribution in [1.29, 1.82) is 0 Å². The Labute approximate surface area is 112 Å². The smallest absolute Gasteiger partial charge is 0.191 e. The number of phenolic OH excluding ortho intramolecular Hbond substituents is 1. The van der Waals surface area contributed by atoms with E-state index in [0.717, 1.165) is 31.8 Å². The molecule has 1 aliphatic rings. The van der Waals surface area contributed by atoms with Crippen LogP contribution in [0.25, 0.3) is 0 Å². The Bertz CT molecular complexity index is 468. The van der Waals surface area contributed by atoms with Crippen LogP contribution in [0.15, 0.2) is 23.2 Å². The van der Waals surface area contributed by atoms with Gasteiger partial charge < -0.3 is 15.7 Å². The van der Waals surface area contributed by atoms with Crippen LogP contribution in [0.5, 0.6) is 5.75 Å². The van der Waals surface area contributed by atoms with Gasteiger partial charge in [-0.1, -0.05) is 13.0 Å². The van der Waals surface area contributed by atoms with E-state index < -0.39 is 5.82 Å². The highest BCUT2D eigenvalue weighted by molar-refractivity contribution is 5.78. The van der Waals surface area contributed by atoms with E-state index in [1.807, 2.05) is 0 Å². The van der Waals surface area contributed by atoms with Gasteiger partial charge in [0.15, 0.2) is 17.5 Å². The van der Waals surface area contributed by atoms with Crippen molar-refractivity contribution in [1.82, 2.24) is 4.90 Å². The summed E-state index contributed by atoms with van der Waals surface area (Å²) >= 11 is 0. The molecule has 104 valence electrons. The van der Waals surface area contributed by atoms with Crippen LogP contribution in [0.2, 0.25) is 0 Å². The number of piperidine rings is 1. The molecule has 1 aromatic carbocycles. The summed E-state index contributed by atoms with van der Waals surface area (Å²) in [6.45, 7) is 4.43. The molecule has 1 saturated heterocycles. The zero-order valence-electron chi connectivity index (χ0n) is 11.1. The lowest BCUT2D eigenvalue weighted by atomic mass is 10.00. The summed E-state index contributed by atoms with van der Waals surface area (Å²) in [5, 5.41) is 9.11. The van der Waals surface area contributed by atoms with Gasteiger partial charge in [0.2, 0.25) is 0 Å². The predicted molar refractivity (Wildman–Crippen MR) is 73.4 cm³/mol. The van der Waals surface area contributed by atoms with Gasteiger partial charge in [-0.3, -0.25) is 0 Å². The maximum absolute atomic E-state index is 13.2. The standard InChI is InChI=1S/C14H20FN3O/c1-10-4-6-18(7-5-10)14(16)17-9-11-2-3-13(19)12(15)8-11/h2-3,8,10,19H,4-7,9H2,1H3,(H2,16,17). The molecule has 1 aliphatic heterocycles. The maximum Gasteiger partial charge on any atom is 0.191 e. The van der Waals surface area contributed by atoms with E-state index in [1.54, 1.807) is 6.07 Å². The monoisotopic (exact) mass is 265 g/mol. The van der Waals surface area contributed by atoms with Crippen LogP contribution < -0.4 is 5.73 Å². The largest absolute Gasteiger partial charge is 0.505 e. The molecule has 0 saturated carbocycles. The number of phenols is 1. The minimum absolute atomic E-state index is 0.328. The summed E-state index contributed by atoms with van der Waals surface area (Å²) in [6.07, 6.45) is 2.26. The van der Waals surface area contributed by atoms with E-state index in [4.69, 9.17) is 10.8 Å². The average Bonchev–Trinajstić information content (AvgIpc) is 2.40. The number of hydrogen-bond acceptors (Lipinski definition) is 2. The van der Waals surface area contributed by atoms with Crippen molar-refractivity contribution < 1.29 is 9.50 Å². The van der Waals surface area contributed by atoms with Crippen LogP contribution >= 0.6 is 0 Å². The third kappa shape index (κ3) is 3.59. The van der Waals surface area contributed by atoms with E-state index in [0.29, 0.717) is 18.1 Å². The molecule has 1 fully saturated rings. The molecule has 0 aliphatic carbocycles. The van der Waals surface area contributed by atoms with Gasteiger partial charge in [0.05, 0.1) is 6.54 Å². The Morgan fingerprint density at radius 2 is 2.16 bits per heavy atom. The number of halogens is 1. The normalized spacial score (nSPS) is 17.8. The molecule has 0 bridgehead atoms. The highest BCUT2D eigenvalue weighted by atomic mass is 19.1. The Balaban J connectivity index is 1.95.